The SMILES string of the molecule is CCCN(CCC)C(=O)c1cncc(C(=O)Nc2ccc(OC)c(OC)c2)c1. The highest BCUT2D eigenvalue weighted by Crippen LogP contribution is 2.29. The molecule has 0 radical (unpaired) electrons. The van der Waals surface area contributed by atoms with Gasteiger partial charge in [-0.05, 0) is 31.0 Å². The monoisotopic (exact) mass is 385 g/mol. The van der Waals surface area contributed by atoms with Gasteiger partial charge >= 0.3 is 0 Å². The molecule has 150 valence electrons. The van der Waals surface area contributed by atoms with Crippen LogP contribution in [0.2, 0.25) is 0 Å². The minimum atomic E-state index is -0.355. The summed E-state index contributed by atoms with van der Waals surface area (Å²) in [4.78, 5) is 31.2. The zero-order valence-electron chi connectivity index (χ0n) is 16.8. The van der Waals surface area contributed by atoms with Crippen LogP contribution in [-0.4, -0.2) is 49.0 Å². The van der Waals surface area contributed by atoms with E-state index in [4.69, 9.17) is 9.47 Å². The summed E-state index contributed by atoms with van der Waals surface area (Å²) in [6.07, 6.45) is 4.68. The van der Waals surface area contributed by atoms with Crippen LogP contribution in [0.25, 0.3) is 0 Å². The van der Waals surface area contributed by atoms with Crippen molar-refractivity contribution in [1.29, 1.82) is 0 Å². The lowest BCUT2D eigenvalue weighted by molar-refractivity contribution is 0.0755. The van der Waals surface area contributed by atoms with Crippen LogP contribution in [0.3, 0.4) is 0 Å². The number of carbonyl (C=O) groups excluding carboxylic acids is 2. The van der Waals surface area contributed by atoms with Crippen molar-refractivity contribution in [3.8, 4) is 11.5 Å². The summed E-state index contributed by atoms with van der Waals surface area (Å²) in [5, 5.41) is 2.79. The lowest BCUT2D eigenvalue weighted by Crippen LogP contribution is -2.32. The summed E-state index contributed by atoms with van der Waals surface area (Å²) in [6, 6.07) is 6.67. The van der Waals surface area contributed by atoms with Gasteiger partial charge in [0.25, 0.3) is 11.8 Å². The van der Waals surface area contributed by atoms with Gasteiger partial charge in [-0.1, -0.05) is 13.8 Å². The summed E-state index contributed by atoms with van der Waals surface area (Å²) in [6.45, 7) is 5.41. The standard InChI is InChI=1S/C21H27N3O4/c1-5-9-24(10-6-2)21(26)16-11-15(13-22-14-16)20(25)23-17-7-8-18(27-3)19(12-17)28-4/h7-8,11-14H,5-6,9-10H2,1-4H3,(H,23,25). The molecule has 0 saturated carbocycles. The third kappa shape index (κ3) is 5.22. The average molecular weight is 385 g/mol. The number of carbonyl (C=O) groups is 2. The van der Waals surface area contributed by atoms with E-state index in [2.05, 4.69) is 10.3 Å². The Bertz CT molecular complexity index is 817. The number of benzene rings is 1. The predicted octanol–water partition coefficient (Wildman–Crippen LogP) is 3.61. The second-order valence-corrected chi connectivity index (χ2v) is 6.28. The Kier molecular flexibility index (Phi) is 7.80. The fraction of sp³-hybridized carbons (Fsp3) is 0.381. The van der Waals surface area contributed by atoms with E-state index < -0.39 is 0 Å². The number of nitrogens with one attached hydrogen (secondary N) is 1. The van der Waals surface area contributed by atoms with Crippen LogP contribution in [0.4, 0.5) is 5.69 Å². The van der Waals surface area contributed by atoms with Crippen molar-refractivity contribution < 1.29 is 19.1 Å². The topological polar surface area (TPSA) is 80.8 Å². The van der Waals surface area contributed by atoms with Gasteiger partial charge in [-0.2, -0.15) is 0 Å². The molecule has 0 atom stereocenters. The van der Waals surface area contributed by atoms with Crippen LogP contribution in [0.1, 0.15) is 47.4 Å². The molecule has 0 aliphatic rings. The fourth-order valence-electron chi connectivity index (χ4n) is 2.84. The lowest BCUT2D eigenvalue weighted by atomic mass is 10.1. The molecule has 2 amide bonds. The van der Waals surface area contributed by atoms with Crippen molar-refractivity contribution in [2.24, 2.45) is 0 Å². The zero-order valence-corrected chi connectivity index (χ0v) is 16.8. The molecule has 1 aromatic heterocycles. The first-order chi connectivity index (χ1) is 13.5. The quantitative estimate of drug-likeness (QED) is 0.713. The summed E-state index contributed by atoms with van der Waals surface area (Å²) in [7, 11) is 3.07. The minimum Gasteiger partial charge on any atom is -0.493 e. The first-order valence-electron chi connectivity index (χ1n) is 9.31. The van der Waals surface area contributed by atoms with Gasteiger partial charge in [0.2, 0.25) is 0 Å². The van der Waals surface area contributed by atoms with E-state index in [1.807, 2.05) is 13.8 Å². The number of pyridine rings is 1. The molecule has 7 nitrogen and oxygen atoms in total. The molecule has 0 bridgehead atoms. The second-order valence-electron chi connectivity index (χ2n) is 6.28. The molecule has 7 heteroatoms. The number of methoxy groups -OCH3 is 2. The Hall–Kier alpha value is -3.09. The maximum Gasteiger partial charge on any atom is 0.257 e. The largest absolute Gasteiger partial charge is 0.493 e. The minimum absolute atomic E-state index is 0.114. The van der Waals surface area contributed by atoms with Crippen molar-refractivity contribution in [2.75, 3.05) is 32.6 Å². The number of hydrogen-bond donors (Lipinski definition) is 1. The van der Waals surface area contributed by atoms with E-state index in [0.717, 1.165) is 12.8 Å². The van der Waals surface area contributed by atoms with Crippen molar-refractivity contribution in [2.45, 2.75) is 26.7 Å². The Balaban J connectivity index is 2.18. The van der Waals surface area contributed by atoms with E-state index in [9.17, 15) is 9.59 Å². The van der Waals surface area contributed by atoms with Crippen LogP contribution in [0.5, 0.6) is 11.5 Å². The van der Waals surface area contributed by atoms with Gasteiger partial charge in [0.15, 0.2) is 11.5 Å². The third-order valence-electron chi connectivity index (χ3n) is 4.16. The number of nitrogens with zero attached hydrogens (tertiary/aromatic N) is 2. The number of ether oxygens (including phenoxy) is 2. The number of rotatable bonds is 9. The van der Waals surface area contributed by atoms with Gasteiger partial charge < -0.3 is 19.7 Å². The third-order valence-corrected chi connectivity index (χ3v) is 4.16. The fourth-order valence-corrected chi connectivity index (χ4v) is 2.84. The maximum atomic E-state index is 12.7. The second kappa shape index (κ2) is 10.3. The van der Waals surface area contributed by atoms with E-state index in [-0.39, 0.29) is 11.8 Å². The lowest BCUT2D eigenvalue weighted by Gasteiger charge is -2.21. The molecule has 28 heavy (non-hydrogen) atoms. The highest BCUT2D eigenvalue weighted by Gasteiger charge is 2.17. The smallest absolute Gasteiger partial charge is 0.257 e. The molecule has 0 spiro atoms. The molecule has 1 heterocycles. The van der Waals surface area contributed by atoms with Crippen LogP contribution in [0, 0.1) is 0 Å². The Morgan fingerprint density at radius 1 is 0.964 bits per heavy atom. The first kappa shape index (κ1) is 21.2. The zero-order chi connectivity index (χ0) is 20.5. The molecular weight excluding hydrogens is 358 g/mol. The predicted molar refractivity (Wildman–Crippen MR) is 108 cm³/mol. The van der Waals surface area contributed by atoms with Crippen LogP contribution in [0.15, 0.2) is 36.7 Å². The van der Waals surface area contributed by atoms with Gasteiger partial charge in [-0.25, -0.2) is 0 Å². The molecule has 0 aliphatic carbocycles. The van der Waals surface area contributed by atoms with E-state index in [1.54, 1.807) is 36.3 Å². The van der Waals surface area contributed by atoms with Crippen molar-refractivity contribution in [3.05, 3.63) is 47.8 Å². The van der Waals surface area contributed by atoms with Gasteiger partial charge in [0.1, 0.15) is 0 Å². The highest BCUT2D eigenvalue weighted by molar-refractivity contribution is 6.06. The number of anilines is 1. The Morgan fingerprint density at radius 3 is 2.21 bits per heavy atom. The van der Waals surface area contributed by atoms with E-state index >= 15 is 0 Å². The molecule has 2 rings (SSSR count). The molecule has 0 fully saturated rings. The molecular formula is C21H27N3O4. The van der Waals surface area contributed by atoms with Crippen molar-refractivity contribution in [3.63, 3.8) is 0 Å². The van der Waals surface area contributed by atoms with Crippen LogP contribution < -0.4 is 14.8 Å². The molecule has 0 unspecified atom stereocenters. The molecule has 2 aromatic rings. The molecule has 0 saturated heterocycles. The van der Waals surface area contributed by atoms with Gasteiger partial charge in [-0.3, -0.25) is 14.6 Å². The van der Waals surface area contributed by atoms with Crippen molar-refractivity contribution >= 4 is 17.5 Å². The highest BCUT2D eigenvalue weighted by atomic mass is 16.5. The van der Waals surface area contributed by atoms with E-state index in [1.165, 1.54) is 19.5 Å². The van der Waals surface area contributed by atoms with Gasteiger partial charge in [-0.15, -0.1) is 0 Å². The van der Waals surface area contributed by atoms with Crippen LogP contribution in [-0.2, 0) is 0 Å². The Labute approximate surface area is 165 Å². The Morgan fingerprint density at radius 2 is 1.61 bits per heavy atom. The average Bonchev–Trinajstić information content (AvgIpc) is 2.73. The van der Waals surface area contributed by atoms with Gasteiger partial charge in [0, 0.05) is 37.2 Å². The van der Waals surface area contributed by atoms with Gasteiger partial charge in [0.05, 0.1) is 25.3 Å². The molecule has 0 aliphatic heterocycles. The number of amides is 2. The van der Waals surface area contributed by atoms with E-state index in [0.29, 0.717) is 41.4 Å². The number of hydrogen-bond acceptors (Lipinski definition) is 5. The molecule has 1 aromatic carbocycles. The normalized spacial score (nSPS) is 10.3. The molecule has 1 N–H and O–H groups in total. The summed E-state index contributed by atoms with van der Waals surface area (Å²) >= 11 is 0. The summed E-state index contributed by atoms with van der Waals surface area (Å²) in [5.74, 6) is 0.614. The number of aromatic nitrogens is 1. The maximum absolute atomic E-state index is 12.7. The first-order valence-corrected chi connectivity index (χ1v) is 9.31. The van der Waals surface area contributed by atoms with Crippen molar-refractivity contribution in [1.82, 2.24) is 9.88 Å². The summed E-state index contributed by atoms with van der Waals surface area (Å²) in [5.41, 5.74) is 1.27. The van der Waals surface area contributed by atoms with Crippen LogP contribution >= 0.6 is 0 Å². The summed E-state index contributed by atoms with van der Waals surface area (Å²) < 4.78 is 10.4.